The van der Waals surface area contributed by atoms with Gasteiger partial charge in [0.25, 0.3) is 5.91 Å². The van der Waals surface area contributed by atoms with Gasteiger partial charge < -0.3 is 14.6 Å². The number of aryl methyl sites for hydroxylation is 2. The maximum Gasteiger partial charge on any atom is 0.433 e. The van der Waals surface area contributed by atoms with Gasteiger partial charge in [0.1, 0.15) is 4.92 Å². The number of carbonyl (C=O) groups excluding carboxylic acids is 2. The van der Waals surface area contributed by atoms with Gasteiger partial charge in [-0.1, -0.05) is 12.1 Å². The number of carbonyl (C=O) groups is 2. The fourth-order valence-corrected chi connectivity index (χ4v) is 2.08. The summed E-state index contributed by atoms with van der Waals surface area (Å²) in [5, 5.41) is 13.3. The molecule has 0 spiro atoms. The molecule has 1 N–H and O–H groups in total. The van der Waals surface area contributed by atoms with Crippen molar-refractivity contribution in [2.24, 2.45) is 0 Å². The number of anilines is 1. The number of hydrogen-bond donors (Lipinski definition) is 1. The highest BCUT2D eigenvalue weighted by Gasteiger charge is 2.21. The van der Waals surface area contributed by atoms with Crippen LogP contribution in [0, 0.1) is 24.0 Å². The van der Waals surface area contributed by atoms with Gasteiger partial charge in [0.2, 0.25) is 5.91 Å². The van der Waals surface area contributed by atoms with Crippen LogP contribution in [0.25, 0.3) is 0 Å². The summed E-state index contributed by atoms with van der Waals surface area (Å²) in [6, 6.07) is 7.97. The van der Waals surface area contributed by atoms with Crippen LogP contribution < -0.4 is 5.32 Å². The summed E-state index contributed by atoms with van der Waals surface area (Å²) in [5.74, 6) is -1.70. The average molecular weight is 331 g/mol. The van der Waals surface area contributed by atoms with Crippen LogP contribution in [0.1, 0.15) is 21.7 Å². The first-order valence-corrected chi connectivity index (χ1v) is 7.14. The Morgan fingerprint density at radius 1 is 1.25 bits per heavy atom. The summed E-state index contributed by atoms with van der Waals surface area (Å²) in [4.78, 5) is 35.2. The Labute approximate surface area is 138 Å². The number of hydrogen-bond acceptors (Lipinski definition) is 5. The fourth-order valence-electron chi connectivity index (χ4n) is 2.08. The SMILES string of the molecule is Cc1ccc(C)c(NC(=O)CN(C)C(=O)c2ccc([N+](=O)[O-])o2)c1. The molecule has 0 aliphatic carbocycles. The lowest BCUT2D eigenvalue weighted by molar-refractivity contribution is -0.402. The quantitative estimate of drug-likeness (QED) is 0.669. The number of rotatable bonds is 5. The summed E-state index contributed by atoms with van der Waals surface area (Å²) >= 11 is 0. The van der Waals surface area contributed by atoms with E-state index in [1.165, 1.54) is 13.1 Å². The van der Waals surface area contributed by atoms with E-state index in [9.17, 15) is 19.7 Å². The maximum absolute atomic E-state index is 12.1. The molecule has 2 rings (SSSR count). The Balaban J connectivity index is 2.01. The second kappa shape index (κ2) is 6.95. The molecule has 126 valence electrons. The van der Waals surface area contributed by atoms with E-state index in [0.717, 1.165) is 22.1 Å². The maximum atomic E-state index is 12.1. The molecular formula is C16H17N3O5. The molecule has 0 bridgehead atoms. The number of nitrogens with one attached hydrogen (secondary N) is 1. The molecule has 1 aromatic carbocycles. The van der Waals surface area contributed by atoms with Crippen LogP contribution in [0.3, 0.4) is 0 Å². The number of furan rings is 1. The van der Waals surface area contributed by atoms with Gasteiger partial charge in [0.15, 0.2) is 5.76 Å². The average Bonchev–Trinajstić information content (AvgIpc) is 3.00. The monoisotopic (exact) mass is 331 g/mol. The van der Waals surface area contributed by atoms with E-state index in [2.05, 4.69) is 5.32 Å². The summed E-state index contributed by atoms with van der Waals surface area (Å²) in [5.41, 5.74) is 2.59. The summed E-state index contributed by atoms with van der Waals surface area (Å²) < 4.78 is 4.84. The Bertz CT molecular complexity index is 797. The van der Waals surface area contributed by atoms with Crippen molar-refractivity contribution in [1.82, 2.24) is 4.90 Å². The molecule has 8 nitrogen and oxygen atoms in total. The molecule has 8 heteroatoms. The predicted molar refractivity (Wildman–Crippen MR) is 86.9 cm³/mol. The molecule has 0 aliphatic rings. The van der Waals surface area contributed by atoms with Gasteiger partial charge in [-0.15, -0.1) is 0 Å². The first-order chi connectivity index (χ1) is 11.3. The van der Waals surface area contributed by atoms with Crippen molar-refractivity contribution in [3.63, 3.8) is 0 Å². The van der Waals surface area contributed by atoms with Crippen molar-refractivity contribution < 1.29 is 18.9 Å². The Morgan fingerprint density at radius 2 is 1.96 bits per heavy atom. The third-order valence-electron chi connectivity index (χ3n) is 3.38. The summed E-state index contributed by atoms with van der Waals surface area (Å²) in [6.07, 6.45) is 0. The second-order valence-electron chi connectivity index (χ2n) is 5.42. The lowest BCUT2D eigenvalue weighted by atomic mass is 10.1. The molecule has 0 unspecified atom stereocenters. The Morgan fingerprint density at radius 3 is 2.58 bits per heavy atom. The van der Waals surface area contributed by atoms with Gasteiger partial charge in [-0.2, -0.15) is 0 Å². The van der Waals surface area contributed by atoms with E-state index < -0.39 is 16.7 Å². The summed E-state index contributed by atoms with van der Waals surface area (Å²) in [7, 11) is 1.42. The minimum absolute atomic E-state index is 0.191. The van der Waals surface area contributed by atoms with Crippen LogP contribution in [0.15, 0.2) is 34.7 Å². The van der Waals surface area contributed by atoms with Crippen molar-refractivity contribution in [2.45, 2.75) is 13.8 Å². The van der Waals surface area contributed by atoms with Crippen LogP contribution in [0.5, 0.6) is 0 Å². The number of benzene rings is 1. The molecule has 2 aromatic rings. The lowest BCUT2D eigenvalue weighted by Gasteiger charge is -2.16. The fraction of sp³-hybridized carbons (Fsp3) is 0.250. The number of nitro groups is 1. The molecule has 0 atom stereocenters. The highest BCUT2D eigenvalue weighted by molar-refractivity contribution is 5.98. The van der Waals surface area contributed by atoms with E-state index in [1.54, 1.807) is 0 Å². The normalized spacial score (nSPS) is 10.3. The summed E-state index contributed by atoms with van der Waals surface area (Å²) in [6.45, 7) is 3.57. The Kier molecular flexibility index (Phi) is 4.98. The Hall–Kier alpha value is -3.16. The van der Waals surface area contributed by atoms with Gasteiger partial charge in [-0.3, -0.25) is 19.7 Å². The van der Waals surface area contributed by atoms with E-state index in [4.69, 9.17) is 4.42 Å². The molecule has 2 amide bonds. The number of amides is 2. The largest absolute Gasteiger partial charge is 0.433 e. The molecule has 0 saturated heterocycles. The lowest BCUT2D eigenvalue weighted by Crippen LogP contribution is -2.34. The highest BCUT2D eigenvalue weighted by atomic mass is 16.6. The standard InChI is InChI=1S/C16H17N3O5/c1-10-4-5-11(2)12(8-10)17-14(20)9-18(3)16(21)13-6-7-15(24-13)19(22)23/h4-8H,9H2,1-3H3,(H,17,20). The van der Waals surface area contributed by atoms with Crippen LogP contribution in [-0.2, 0) is 4.79 Å². The van der Waals surface area contributed by atoms with E-state index in [1.807, 2.05) is 32.0 Å². The van der Waals surface area contributed by atoms with Crippen LogP contribution in [0.2, 0.25) is 0 Å². The van der Waals surface area contributed by atoms with Crippen molar-refractivity contribution in [1.29, 1.82) is 0 Å². The first kappa shape index (κ1) is 17.2. The molecule has 0 fully saturated rings. The van der Waals surface area contributed by atoms with Crippen LogP contribution in [0.4, 0.5) is 11.6 Å². The molecule has 1 heterocycles. The highest BCUT2D eigenvalue weighted by Crippen LogP contribution is 2.18. The molecule has 0 aliphatic heterocycles. The topological polar surface area (TPSA) is 106 Å². The zero-order valence-corrected chi connectivity index (χ0v) is 13.5. The third-order valence-corrected chi connectivity index (χ3v) is 3.38. The van der Waals surface area contributed by atoms with Gasteiger partial charge >= 0.3 is 5.88 Å². The van der Waals surface area contributed by atoms with Gasteiger partial charge in [-0.05, 0) is 37.1 Å². The van der Waals surface area contributed by atoms with Crippen molar-refractivity contribution in [2.75, 3.05) is 18.9 Å². The third kappa shape index (κ3) is 3.97. The van der Waals surface area contributed by atoms with E-state index >= 15 is 0 Å². The predicted octanol–water partition coefficient (Wildman–Crippen LogP) is 2.52. The zero-order valence-electron chi connectivity index (χ0n) is 13.5. The van der Waals surface area contributed by atoms with Gasteiger partial charge in [-0.25, -0.2) is 0 Å². The minimum Gasteiger partial charge on any atom is -0.395 e. The van der Waals surface area contributed by atoms with Gasteiger partial charge in [0, 0.05) is 12.7 Å². The first-order valence-electron chi connectivity index (χ1n) is 7.14. The second-order valence-corrected chi connectivity index (χ2v) is 5.42. The van der Waals surface area contributed by atoms with Crippen molar-refractivity contribution in [3.05, 3.63) is 57.3 Å². The molecule has 0 radical (unpaired) electrons. The van der Waals surface area contributed by atoms with Crippen molar-refractivity contribution in [3.8, 4) is 0 Å². The van der Waals surface area contributed by atoms with Crippen LogP contribution in [-0.4, -0.2) is 35.2 Å². The van der Waals surface area contributed by atoms with E-state index in [0.29, 0.717) is 5.69 Å². The molecule has 0 saturated carbocycles. The van der Waals surface area contributed by atoms with E-state index in [-0.39, 0.29) is 18.2 Å². The number of nitrogens with zero attached hydrogens (tertiary/aromatic N) is 2. The van der Waals surface area contributed by atoms with Crippen molar-refractivity contribution >= 4 is 23.4 Å². The van der Waals surface area contributed by atoms with Crippen LogP contribution >= 0.6 is 0 Å². The zero-order chi connectivity index (χ0) is 17.9. The molecule has 1 aromatic heterocycles. The minimum atomic E-state index is -0.732. The smallest absolute Gasteiger partial charge is 0.395 e. The molecule has 24 heavy (non-hydrogen) atoms. The molecular weight excluding hydrogens is 314 g/mol. The number of likely N-dealkylation sites (N-methyl/N-ethyl adjacent to an activating group) is 1. The van der Waals surface area contributed by atoms with Gasteiger partial charge in [0.05, 0.1) is 12.6 Å².